The third kappa shape index (κ3) is 1.67. The van der Waals surface area contributed by atoms with Gasteiger partial charge in [-0.25, -0.2) is 4.79 Å². The molecule has 2 aliphatic heterocycles. The van der Waals surface area contributed by atoms with Gasteiger partial charge in [-0.1, -0.05) is 0 Å². The molecule has 1 fully saturated rings. The van der Waals surface area contributed by atoms with E-state index in [4.69, 9.17) is 5.11 Å². The minimum atomic E-state index is -1.01. The molecular formula is C9H10N2O4S. The molecule has 7 heteroatoms. The minimum Gasteiger partial charge on any atom is -0.478 e. The van der Waals surface area contributed by atoms with Crippen LogP contribution in [0.3, 0.4) is 0 Å². The Morgan fingerprint density at radius 1 is 1.62 bits per heavy atom. The zero-order chi connectivity index (χ0) is 11.9. The second-order valence-corrected chi connectivity index (χ2v) is 4.69. The van der Waals surface area contributed by atoms with E-state index < -0.39 is 12.0 Å². The quantitative estimate of drug-likeness (QED) is 0.630. The van der Waals surface area contributed by atoms with Crippen molar-refractivity contribution >= 4 is 29.5 Å². The molecule has 2 N–H and O–H groups in total. The summed E-state index contributed by atoms with van der Waals surface area (Å²) in [6.07, 6.45) is 1.35. The van der Waals surface area contributed by atoms with Gasteiger partial charge in [0.1, 0.15) is 11.4 Å². The first-order chi connectivity index (χ1) is 7.50. The fourth-order valence-electron chi connectivity index (χ4n) is 1.65. The van der Waals surface area contributed by atoms with Crippen molar-refractivity contribution in [2.75, 3.05) is 5.75 Å². The average molecular weight is 242 g/mol. The molecule has 16 heavy (non-hydrogen) atoms. The molecule has 0 aliphatic carbocycles. The standard InChI is InChI=1S/C9H10N2O4S/c1-4(12)10-6-7(13)11-2-5(9(14)15)3-16-8(6)11/h2,6,8H,3H2,1H3,(H,10,12)(H,14,15)/t6?,8-/m1/s1. The molecule has 2 amide bonds. The van der Waals surface area contributed by atoms with Crippen molar-refractivity contribution in [3.05, 3.63) is 11.8 Å². The summed E-state index contributed by atoms with van der Waals surface area (Å²) in [5.41, 5.74) is 0.205. The van der Waals surface area contributed by atoms with E-state index in [9.17, 15) is 14.4 Å². The van der Waals surface area contributed by atoms with E-state index in [1.807, 2.05) is 0 Å². The summed E-state index contributed by atoms with van der Waals surface area (Å²) in [5.74, 6) is -1.18. The summed E-state index contributed by atoms with van der Waals surface area (Å²) < 4.78 is 0. The maximum Gasteiger partial charge on any atom is 0.333 e. The molecule has 2 atom stereocenters. The Hall–Kier alpha value is -1.50. The van der Waals surface area contributed by atoms with Crippen LogP contribution in [-0.4, -0.2) is 45.0 Å². The molecule has 0 aromatic heterocycles. The highest BCUT2D eigenvalue weighted by Crippen LogP contribution is 2.35. The number of amides is 2. The van der Waals surface area contributed by atoms with Gasteiger partial charge in [-0.3, -0.25) is 9.59 Å². The van der Waals surface area contributed by atoms with Crippen LogP contribution in [0.4, 0.5) is 0 Å². The van der Waals surface area contributed by atoms with Crippen LogP contribution in [0.2, 0.25) is 0 Å². The van der Waals surface area contributed by atoms with Gasteiger partial charge < -0.3 is 15.3 Å². The summed E-state index contributed by atoms with van der Waals surface area (Å²) in [7, 11) is 0. The van der Waals surface area contributed by atoms with Gasteiger partial charge in [0.05, 0.1) is 5.57 Å². The lowest BCUT2D eigenvalue weighted by Gasteiger charge is -2.46. The predicted molar refractivity (Wildman–Crippen MR) is 56.4 cm³/mol. The first kappa shape index (κ1) is 11.0. The van der Waals surface area contributed by atoms with Gasteiger partial charge in [0.2, 0.25) is 5.91 Å². The number of carboxylic acid groups (broad SMARTS) is 1. The van der Waals surface area contributed by atoms with Crippen molar-refractivity contribution in [1.82, 2.24) is 10.2 Å². The van der Waals surface area contributed by atoms with Gasteiger partial charge in [-0.2, -0.15) is 0 Å². The third-order valence-electron chi connectivity index (χ3n) is 2.42. The highest BCUT2D eigenvalue weighted by atomic mass is 32.2. The summed E-state index contributed by atoms with van der Waals surface area (Å²) in [6.45, 7) is 1.35. The van der Waals surface area contributed by atoms with Crippen LogP contribution in [0.5, 0.6) is 0 Å². The van der Waals surface area contributed by atoms with Crippen molar-refractivity contribution in [2.24, 2.45) is 0 Å². The molecule has 2 rings (SSSR count). The number of carboxylic acids is 1. The fourth-order valence-corrected chi connectivity index (χ4v) is 2.90. The van der Waals surface area contributed by atoms with Gasteiger partial charge in [-0.15, -0.1) is 11.8 Å². The number of nitrogens with one attached hydrogen (secondary N) is 1. The van der Waals surface area contributed by atoms with Crippen LogP contribution in [0.1, 0.15) is 6.92 Å². The number of carbonyl (C=O) groups is 3. The molecule has 0 aromatic carbocycles. The monoisotopic (exact) mass is 242 g/mol. The molecule has 0 saturated carbocycles. The highest BCUT2D eigenvalue weighted by Gasteiger charge is 2.49. The lowest BCUT2D eigenvalue weighted by molar-refractivity contribution is -0.144. The Labute approximate surface area is 95.7 Å². The highest BCUT2D eigenvalue weighted by molar-refractivity contribution is 8.00. The molecule has 86 valence electrons. The van der Waals surface area contributed by atoms with Gasteiger partial charge in [0.15, 0.2) is 0 Å². The van der Waals surface area contributed by atoms with Crippen LogP contribution >= 0.6 is 11.8 Å². The summed E-state index contributed by atoms with van der Waals surface area (Å²) in [6, 6.07) is -0.519. The van der Waals surface area contributed by atoms with E-state index in [0.29, 0.717) is 5.75 Å². The van der Waals surface area contributed by atoms with E-state index in [2.05, 4.69) is 5.32 Å². The van der Waals surface area contributed by atoms with Gasteiger partial charge >= 0.3 is 5.97 Å². The van der Waals surface area contributed by atoms with E-state index >= 15 is 0 Å². The number of hydrogen-bond donors (Lipinski definition) is 2. The van der Waals surface area contributed by atoms with E-state index in [0.717, 1.165) is 0 Å². The van der Waals surface area contributed by atoms with Crippen molar-refractivity contribution in [2.45, 2.75) is 18.3 Å². The molecule has 1 unspecified atom stereocenters. The Morgan fingerprint density at radius 2 is 2.31 bits per heavy atom. The largest absolute Gasteiger partial charge is 0.478 e. The number of fused-ring (bicyclic) bond motifs is 1. The number of rotatable bonds is 2. The van der Waals surface area contributed by atoms with E-state index in [1.54, 1.807) is 0 Å². The number of β-lactam (4-membered cyclic amide) rings is 1. The molecule has 0 spiro atoms. The molecule has 2 aliphatic rings. The summed E-state index contributed by atoms with van der Waals surface area (Å²) in [5, 5.41) is 11.2. The number of carbonyl (C=O) groups excluding carboxylic acids is 2. The SMILES string of the molecule is CC(=O)NC1C(=O)N2C=C(C(=O)O)CS[C@H]12. The normalized spacial score (nSPS) is 27.7. The van der Waals surface area contributed by atoms with E-state index in [-0.39, 0.29) is 22.8 Å². The van der Waals surface area contributed by atoms with Crippen molar-refractivity contribution < 1.29 is 19.5 Å². The first-order valence-corrected chi connectivity index (χ1v) is 5.70. The van der Waals surface area contributed by atoms with Crippen LogP contribution in [0.25, 0.3) is 0 Å². The summed E-state index contributed by atoms with van der Waals surface area (Å²) in [4.78, 5) is 34.5. The second kappa shape index (κ2) is 3.82. The Balaban J connectivity index is 2.10. The zero-order valence-corrected chi connectivity index (χ0v) is 9.28. The molecule has 0 radical (unpaired) electrons. The fraction of sp³-hybridized carbons (Fsp3) is 0.444. The van der Waals surface area contributed by atoms with E-state index in [1.165, 1.54) is 29.8 Å². The van der Waals surface area contributed by atoms with Crippen LogP contribution in [0.15, 0.2) is 11.8 Å². The predicted octanol–water partition coefficient (Wildman–Crippen LogP) is -0.625. The second-order valence-electron chi connectivity index (χ2n) is 3.58. The Kier molecular flexibility index (Phi) is 2.63. The average Bonchev–Trinajstić information content (AvgIpc) is 2.24. The molecule has 6 nitrogen and oxygen atoms in total. The number of hydrogen-bond acceptors (Lipinski definition) is 4. The first-order valence-electron chi connectivity index (χ1n) is 4.65. The number of nitrogens with zero attached hydrogens (tertiary/aromatic N) is 1. The van der Waals surface area contributed by atoms with Gasteiger partial charge in [0, 0.05) is 18.9 Å². The molecule has 0 aromatic rings. The zero-order valence-electron chi connectivity index (χ0n) is 8.47. The molecule has 0 bridgehead atoms. The lowest BCUT2D eigenvalue weighted by atomic mass is 10.1. The van der Waals surface area contributed by atoms with Crippen molar-refractivity contribution in [1.29, 1.82) is 0 Å². The molecule has 1 saturated heterocycles. The maximum atomic E-state index is 11.6. The third-order valence-corrected chi connectivity index (χ3v) is 3.74. The Bertz CT molecular complexity index is 406. The van der Waals surface area contributed by atoms with Gasteiger partial charge in [-0.05, 0) is 0 Å². The number of aliphatic carboxylic acids is 1. The van der Waals surface area contributed by atoms with Gasteiger partial charge in [0.25, 0.3) is 5.91 Å². The molecule has 2 heterocycles. The lowest BCUT2D eigenvalue weighted by Crippen LogP contribution is -2.68. The van der Waals surface area contributed by atoms with Crippen LogP contribution < -0.4 is 5.32 Å². The van der Waals surface area contributed by atoms with Crippen molar-refractivity contribution in [3.63, 3.8) is 0 Å². The Morgan fingerprint density at radius 3 is 2.88 bits per heavy atom. The van der Waals surface area contributed by atoms with Crippen molar-refractivity contribution in [3.8, 4) is 0 Å². The number of thioether (sulfide) groups is 1. The minimum absolute atomic E-state index is 0.167. The topological polar surface area (TPSA) is 86.7 Å². The van der Waals surface area contributed by atoms with Crippen LogP contribution in [0, 0.1) is 0 Å². The smallest absolute Gasteiger partial charge is 0.333 e. The van der Waals surface area contributed by atoms with Crippen LogP contribution in [-0.2, 0) is 14.4 Å². The molecular weight excluding hydrogens is 232 g/mol. The maximum absolute atomic E-state index is 11.6. The summed E-state index contributed by atoms with van der Waals surface area (Å²) >= 11 is 1.34.